The van der Waals surface area contributed by atoms with Gasteiger partial charge in [-0.3, -0.25) is 4.79 Å². The van der Waals surface area contributed by atoms with Crippen molar-refractivity contribution in [3.63, 3.8) is 0 Å². The zero-order chi connectivity index (χ0) is 12.8. The lowest BCUT2D eigenvalue weighted by molar-refractivity contribution is 0.0952. The van der Waals surface area contributed by atoms with Crippen molar-refractivity contribution >= 4 is 17.5 Å². The summed E-state index contributed by atoms with van der Waals surface area (Å²) >= 11 is 5.77. The molecule has 0 aromatic heterocycles. The number of benzene rings is 1. The summed E-state index contributed by atoms with van der Waals surface area (Å²) in [7, 11) is 0. The van der Waals surface area contributed by atoms with Crippen molar-refractivity contribution in [1.82, 2.24) is 5.32 Å². The van der Waals surface area contributed by atoms with Crippen molar-refractivity contribution in [3.8, 4) is 11.5 Å². The molecule has 0 bridgehead atoms. The van der Waals surface area contributed by atoms with Gasteiger partial charge < -0.3 is 15.5 Å². The summed E-state index contributed by atoms with van der Waals surface area (Å²) in [6.45, 7) is 2.42. The number of carbonyl (C=O) groups excluding carboxylic acids is 1. The van der Waals surface area contributed by atoms with Crippen LogP contribution >= 0.6 is 11.6 Å². The lowest BCUT2D eigenvalue weighted by Crippen LogP contribution is -2.24. The minimum Gasteiger partial charge on any atom is -0.508 e. The summed E-state index contributed by atoms with van der Waals surface area (Å²) in [4.78, 5) is 11.6. The molecule has 1 aromatic rings. The van der Waals surface area contributed by atoms with Crippen molar-refractivity contribution in [3.05, 3.63) is 23.8 Å². The van der Waals surface area contributed by atoms with Gasteiger partial charge >= 0.3 is 0 Å². The van der Waals surface area contributed by atoms with E-state index in [-0.39, 0.29) is 28.3 Å². The molecule has 0 aliphatic rings. The van der Waals surface area contributed by atoms with Gasteiger partial charge in [-0.15, -0.1) is 11.6 Å². The topological polar surface area (TPSA) is 69.6 Å². The molecule has 1 unspecified atom stereocenters. The summed E-state index contributed by atoms with van der Waals surface area (Å²) < 4.78 is 0. The van der Waals surface area contributed by atoms with Gasteiger partial charge in [0.15, 0.2) is 0 Å². The standard InChI is InChI=1S/C12H16ClNO3/c1-8(13)3-2-4-14-12(17)9-5-10(15)7-11(16)6-9/h5-8,15-16H,2-4H2,1H3,(H,14,17). The number of hydrogen-bond acceptors (Lipinski definition) is 3. The monoisotopic (exact) mass is 257 g/mol. The fraction of sp³-hybridized carbons (Fsp3) is 0.417. The Hall–Kier alpha value is -1.42. The average Bonchev–Trinajstić information content (AvgIpc) is 2.22. The van der Waals surface area contributed by atoms with Crippen LogP contribution in [0.4, 0.5) is 0 Å². The largest absolute Gasteiger partial charge is 0.508 e. The Morgan fingerprint density at radius 1 is 1.35 bits per heavy atom. The first-order valence-electron chi connectivity index (χ1n) is 5.44. The molecule has 1 aromatic carbocycles. The average molecular weight is 258 g/mol. The molecule has 0 fully saturated rings. The van der Waals surface area contributed by atoms with Gasteiger partial charge in [0.1, 0.15) is 11.5 Å². The minimum atomic E-state index is -0.321. The van der Waals surface area contributed by atoms with Crippen molar-refractivity contribution in [2.24, 2.45) is 0 Å². The zero-order valence-electron chi connectivity index (χ0n) is 9.61. The van der Waals surface area contributed by atoms with Gasteiger partial charge in [-0.25, -0.2) is 0 Å². The summed E-state index contributed by atoms with van der Waals surface area (Å²) in [6, 6.07) is 3.78. The van der Waals surface area contributed by atoms with Crippen LogP contribution in [0.3, 0.4) is 0 Å². The van der Waals surface area contributed by atoms with Gasteiger partial charge in [-0.2, -0.15) is 0 Å². The van der Waals surface area contributed by atoms with Crippen molar-refractivity contribution in [1.29, 1.82) is 0 Å². The van der Waals surface area contributed by atoms with Crippen LogP contribution in [0.25, 0.3) is 0 Å². The predicted octanol–water partition coefficient (Wildman–Crippen LogP) is 2.24. The molecular weight excluding hydrogens is 242 g/mol. The Kier molecular flexibility index (Phi) is 5.10. The van der Waals surface area contributed by atoms with Gasteiger partial charge in [0.2, 0.25) is 0 Å². The lowest BCUT2D eigenvalue weighted by Gasteiger charge is -2.07. The van der Waals surface area contributed by atoms with Crippen molar-refractivity contribution in [2.75, 3.05) is 6.54 Å². The number of phenols is 2. The molecule has 4 nitrogen and oxygen atoms in total. The highest BCUT2D eigenvalue weighted by Crippen LogP contribution is 2.20. The fourth-order valence-electron chi connectivity index (χ4n) is 1.41. The number of halogens is 1. The van der Waals surface area contributed by atoms with Crippen LogP contribution in [0.15, 0.2) is 18.2 Å². The number of aromatic hydroxyl groups is 2. The van der Waals surface area contributed by atoms with E-state index in [0.717, 1.165) is 12.8 Å². The first-order chi connectivity index (χ1) is 7.99. The molecule has 0 saturated heterocycles. The van der Waals surface area contributed by atoms with E-state index < -0.39 is 0 Å². The van der Waals surface area contributed by atoms with Crippen LogP contribution in [0.5, 0.6) is 11.5 Å². The molecule has 1 amide bonds. The highest BCUT2D eigenvalue weighted by Gasteiger charge is 2.07. The van der Waals surface area contributed by atoms with E-state index in [9.17, 15) is 15.0 Å². The third-order valence-corrected chi connectivity index (χ3v) is 2.45. The van der Waals surface area contributed by atoms with Gasteiger partial charge in [-0.05, 0) is 31.9 Å². The maximum Gasteiger partial charge on any atom is 0.251 e. The molecule has 0 radical (unpaired) electrons. The molecule has 0 heterocycles. The van der Waals surface area contributed by atoms with E-state index in [1.54, 1.807) is 0 Å². The number of hydrogen-bond donors (Lipinski definition) is 3. The Morgan fingerprint density at radius 3 is 2.47 bits per heavy atom. The molecule has 94 valence electrons. The van der Waals surface area contributed by atoms with E-state index in [0.29, 0.717) is 6.54 Å². The van der Waals surface area contributed by atoms with Gasteiger partial charge in [-0.1, -0.05) is 0 Å². The van der Waals surface area contributed by atoms with E-state index in [2.05, 4.69) is 5.32 Å². The number of nitrogens with one attached hydrogen (secondary N) is 1. The summed E-state index contributed by atoms with van der Waals surface area (Å²) in [5.41, 5.74) is 0.237. The zero-order valence-corrected chi connectivity index (χ0v) is 10.4. The minimum absolute atomic E-state index is 0.0942. The number of phenolic OH excluding ortho intramolecular Hbond substituents is 2. The Bertz CT molecular complexity index is 373. The highest BCUT2D eigenvalue weighted by molar-refractivity contribution is 6.20. The molecule has 0 aliphatic carbocycles. The summed E-state index contributed by atoms with van der Waals surface area (Å²) in [6.07, 6.45) is 1.62. The second-order valence-electron chi connectivity index (χ2n) is 3.92. The first kappa shape index (κ1) is 13.6. The Labute approximate surface area is 105 Å². The van der Waals surface area contributed by atoms with E-state index >= 15 is 0 Å². The van der Waals surface area contributed by atoms with E-state index in [1.165, 1.54) is 18.2 Å². The summed E-state index contributed by atoms with van der Waals surface area (Å²) in [5.74, 6) is -0.590. The number of rotatable bonds is 5. The first-order valence-corrected chi connectivity index (χ1v) is 5.88. The number of carbonyl (C=O) groups is 1. The van der Waals surface area contributed by atoms with Crippen LogP contribution in [0.2, 0.25) is 0 Å². The van der Waals surface area contributed by atoms with E-state index in [4.69, 9.17) is 11.6 Å². The lowest BCUT2D eigenvalue weighted by atomic mass is 10.2. The smallest absolute Gasteiger partial charge is 0.251 e. The van der Waals surface area contributed by atoms with Crippen LogP contribution in [-0.4, -0.2) is 28.0 Å². The molecule has 0 spiro atoms. The van der Waals surface area contributed by atoms with Crippen molar-refractivity contribution < 1.29 is 15.0 Å². The predicted molar refractivity (Wildman–Crippen MR) is 66.7 cm³/mol. The van der Waals surface area contributed by atoms with Crippen molar-refractivity contribution in [2.45, 2.75) is 25.1 Å². The third kappa shape index (κ3) is 4.95. The van der Waals surface area contributed by atoms with Gasteiger partial charge in [0, 0.05) is 23.6 Å². The second kappa shape index (κ2) is 6.35. The second-order valence-corrected chi connectivity index (χ2v) is 4.66. The molecule has 17 heavy (non-hydrogen) atoms. The highest BCUT2D eigenvalue weighted by atomic mass is 35.5. The maximum atomic E-state index is 11.6. The fourth-order valence-corrected chi connectivity index (χ4v) is 1.57. The Balaban J connectivity index is 2.47. The van der Waals surface area contributed by atoms with Crippen LogP contribution in [0.1, 0.15) is 30.1 Å². The van der Waals surface area contributed by atoms with Crippen LogP contribution < -0.4 is 5.32 Å². The molecule has 5 heteroatoms. The summed E-state index contributed by atoms with van der Waals surface area (Å²) in [5, 5.41) is 21.2. The molecule has 0 aliphatic heterocycles. The molecular formula is C12H16ClNO3. The number of amides is 1. The molecule has 1 rings (SSSR count). The van der Waals surface area contributed by atoms with E-state index in [1.807, 2.05) is 6.92 Å². The normalized spacial score (nSPS) is 12.1. The molecule has 0 saturated carbocycles. The molecule has 1 atom stereocenters. The Morgan fingerprint density at radius 2 is 1.94 bits per heavy atom. The SMILES string of the molecule is CC(Cl)CCCNC(=O)c1cc(O)cc(O)c1. The number of alkyl halides is 1. The molecule has 3 N–H and O–H groups in total. The van der Waals surface area contributed by atoms with Crippen LogP contribution in [0, 0.1) is 0 Å². The van der Waals surface area contributed by atoms with Gasteiger partial charge in [0.05, 0.1) is 0 Å². The van der Waals surface area contributed by atoms with Crippen LogP contribution in [-0.2, 0) is 0 Å². The maximum absolute atomic E-state index is 11.6. The third-order valence-electron chi connectivity index (χ3n) is 2.23. The quantitative estimate of drug-likeness (QED) is 0.560. The van der Waals surface area contributed by atoms with Gasteiger partial charge in [0.25, 0.3) is 5.91 Å².